The Kier molecular flexibility index (Phi) is 5.35. The number of furan rings is 1. The molecular formula is C23H18N4O5S. The SMILES string of the molecule is Cc1ccc(C2=NN(C(=O)COC(=O)c3n[nH]c(=O)c4ccccc34)C(c3cccs3)C2)o1. The summed E-state index contributed by atoms with van der Waals surface area (Å²) in [5.41, 5.74) is 0.170. The zero-order valence-electron chi connectivity index (χ0n) is 17.5. The molecular weight excluding hydrogens is 444 g/mol. The molecule has 5 rings (SSSR count). The molecule has 0 bridgehead atoms. The van der Waals surface area contributed by atoms with E-state index in [0.717, 1.165) is 10.6 Å². The topological polar surface area (TPSA) is 118 Å². The summed E-state index contributed by atoms with van der Waals surface area (Å²) < 4.78 is 10.9. The molecule has 4 heterocycles. The van der Waals surface area contributed by atoms with E-state index in [1.54, 1.807) is 24.3 Å². The molecule has 0 saturated heterocycles. The minimum absolute atomic E-state index is 0.0653. The summed E-state index contributed by atoms with van der Waals surface area (Å²) in [7, 11) is 0. The van der Waals surface area contributed by atoms with E-state index in [-0.39, 0.29) is 11.7 Å². The zero-order chi connectivity index (χ0) is 22.9. The van der Waals surface area contributed by atoms with E-state index in [1.807, 2.05) is 36.6 Å². The number of aromatic nitrogens is 2. The number of hydrazone groups is 1. The van der Waals surface area contributed by atoms with Crippen molar-refractivity contribution in [3.8, 4) is 0 Å². The lowest BCUT2D eigenvalue weighted by atomic mass is 10.1. The van der Waals surface area contributed by atoms with E-state index in [2.05, 4.69) is 15.3 Å². The van der Waals surface area contributed by atoms with Crippen LogP contribution in [0.25, 0.3) is 10.8 Å². The van der Waals surface area contributed by atoms with Gasteiger partial charge in [0.2, 0.25) is 0 Å². The molecule has 1 aliphatic rings. The van der Waals surface area contributed by atoms with Gasteiger partial charge in [-0.05, 0) is 36.6 Å². The summed E-state index contributed by atoms with van der Waals surface area (Å²) in [6.45, 7) is 1.32. The standard InChI is InChI=1S/C23H18N4O5S/c1-13-8-9-18(32-13)16-11-17(19-7-4-10-33-19)27(26-16)20(28)12-31-23(30)21-14-5-2-3-6-15(14)22(29)25-24-21/h2-10,17H,11-12H2,1H3,(H,25,29). The van der Waals surface area contributed by atoms with Crippen molar-refractivity contribution in [1.29, 1.82) is 0 Å². The monoisotopic (exact) mass is 462 g/mol. The molecule has 1 unspecified atom stereocenters. The fraction of sp³-hybridized carbons (Fsp3) is 0.174. The highest BCUT2D eigenvalue weighted by Gasteiger charge is 2.35. The van der Waals surface area contributed by atoms with Gasteiger partial charge < -0.3 is 9.15 Å². The molecule has 33 heavy (non-hydrogen) atoms. The molecule has 10 heteroatoms. The minimum atomic E-state index is -0.812. The van der Waals surface area contributed by atoms with Crippen molar-refractivity contribution in [3.63, 3.8) is 0 Å². The maximum Gasteiger partial charge on any atom is 0.359 e. The third-order valence-electron chi connectivity index (χ3n) is 5.28. The number of nitrogens with zero attached hydrogens (tertiary/aromatic N) is 3. The first kappa shape index (κ1) is 20.8. The van der Waals surface area contributed by atoms with Crippen LogP contribution < -0.4 is 5.56 Å². The van der Waals surface area contributed by atoms with Crippen molar-refractivity contribution in [2.75, 3.05) is 6.61 Å². The van der Waals surface area contributed by atoms with E-state index in [0.29, 0.717) is 28.7 Å². The lowest BCUT2D eigenvalue weighted by Gasteiger charge is -2.20. The van der Waals surface area contributed by atoms with Crippen LogP contribution in [-0.2, 0) is 9.53 Å². The Hall–Kier alpha value is -4.05. The predicted molar refractivity (Wildman–Crippen MR) is 121 cm³/mol. The normalized spacial score (nSPS) is 15.6. The second-order valence-electron chi connectivity index (χ2n) is 7.45. The fourth-order valence-electron chi connectivity index (χ4n) is 3.71. The average molecular weight is 462 g/mol. The molecule has 9 nitrogen and oxygen atoms in total. The third-order valence-corrected chi connectivity index (χ3v) is 6.25. The number of H-pyrrole nitrogens is 1. The van der Waals surface area contributed by atoms with Gasteiger partial charge in [0.25, 0.3) is 11.5 Å². The van der Waals surface area contributed by atoms with Crippen LogP contribution in [0, 0.1) is 6.92 Å². The molecule has 0 saturated carbocycles. The van der Waals surface area contributed by atoms with Gasteiger partial charge >= 0.3 is 5.97 Å². The number of esters is 1. The van der Waals surface area contributed by atoms with Gasteiger partial charge in [0, 0.05) is 16.7 Å². The van der Waals surface area contributed by atoms with Gasteiger partial charge in [-0.2, -0.15) is 10.2 Å². The maximum absolute atomic E-state index is 13.0. The number of thiophene rings is 1. The van der Waals surface area contributed by atoms with E-state index in [4.69, 9.17) is 9.15 Å². The van der Waals surface area contributed by atoms with Crippen molar-refractivity contribution in [2.24, 2.45) is 5.10 Å². The van der Waals surface area contributed by atoms with Crippen LogP contribution in [0.1, 0.15) is 39.3 Å². The van der Waals surface area contributed by atoms with Crippen molar-refractivity contribution in [1.82, 2.24) is 15.2 Å². The Bertz CT molecular complexity index is 1440. The number of ether oxygens (including phenoxy) is 1. The number of hydrogen-bond donors (Lipinski definition) is 1. The second kappa shape index (κ2) is 8.47. The molecule has 1 aromatic carbocycles. The number of rotatable bonds is 5. The summed E-state index contributed by atoms with van der Waals surface area (Å²) >= 11 is 1.52. The van der Waals surface area contributed by atoms with Gasteiger partial charge in [-0.1, -0.05) is 24.3 Å². The Morgan fingerprint density at radius 3 is 2.73 bits per heavy atom. The van der Waals surface area contributed by atoms with E-state index in [1.165, 1.54) is 16.3 Å². The molecule has 4 aromatic rings. The summed E-state index contributed by atoms with van der Waals surface area (Å²) in [5, 5.41) is 14.5. The van der Waals surface area contributed by atoms with Crippen LogP contribution in [0.3, 0.4) is 0 Å². The lowest BCUT2D eigenvalue weighted by Crippen LogP contribution is -2.31. The molecule has 1 atom stereocenters. The highest BCUT2D eigenvalue weighted by Crippen LogP contribution is 2.35. The third kappa shape index (κ3) is 3.96. The average Bonchev–Trinajstić information content (AvgIpc) is 3.58. The molecule has 3 aromatic heterocycles. The summed E-state index contributed by atoms with van der Waals surface area (Å²) in [6, 6.07) is 13.7. The van der Waals surface area contributed by atoms with Crippen molar-refractivity contribution < 1.29 is 18.7 Å². The fourth-order valence-corrected chi connectivity index (χ4v) is 4.53. The number of carbonyl (C=O) groups excluding carboxylic acids is 2. The number of carbonyl (C=O) groups is 2. The lowest BCUT2D eigenvalue weighted by molar-refractivity contribution is -0.136. The Morgan fingerprint density at radius 2 is 2.00 bits per heavy atom. The van der Waals surface area contributed by atoms with Gasteiger partial charge in [-0.3, -0.25) is 9.59 Å². The molecule has 0 aliphatic carbocycles. The van der Waals surface area contributed by atoms with Crippen molar-refractivity contribution in [3.05, 3.63) is 86.4 Å². The summed E-state index contributed by atoms with van der Waals surface area (Å²) in [5.74, 6) is 0.0623. The molecule has 166 valence electrons. The second-order valence-corrected chi connectivity index (χ2v) is 8.43. The Balaban J connectivity index is 1.37. The minimum Gasteiger partial charge on any atom is -0.460 e. The first-order valence-electron chi connectivity index (χ1n) is 10.2. The van der Waals surface area contributed by atoms with Gasteiger partial charge in [0.05, 0.1) is 11.4 Å². The van der Waals surface area contributed by atoms with E-state index >= 15 is 0 Å². The van der Waals surface area contributed by atoms with Crippen LogP contribution >= 0.6 is 11.3 Å². The van der Waals surface area contributed by atoms with Crippen LogP contribution in [0.4, 0.5) is 0 Å². The summed E-state index contributed by atoms with van der Waals surface area (Å²) in [4.78, 5) is 38.6. The molecule has 1 aliphatic heterocycles. The smallest absolute Gasteiger partial charge is 0.359 e. The molecule has 0 radical (unpaired) electrons. The molecule has 0 spiro atoms. The Labute approximate surface area is 191 Å². The number of hydrogen-bond acceptors (Lipinski definition) is 8. The number of nitrogens with one attached hydrogen (secondary N) is 1. The molecule has 1 amide bonds. The highest BCUT2D eigenvalue weighted by molar-refractivity contribution is 7.10. The van der Waals surface area contributed by atoms with Crippen molar-refractivity contribution in [2.45, 2.75) is 19.4 Å². The van der Waals surface area contributed by atoms with Crippen molar-refractivity contribution >= 4 is 39.7 Å². The summed E-state index contributed by atoms with van der Waals surface area (Å²) in [6.07, 6.45) is 0.485. The number of aromatic amines is 1. The molecule has 1 N–H and O–H groups in total. The first-order chi connectivity index (χ1) is 16.0. The molecule has 0 fully saturated rings. The van der Waals surface area contributed by atoms with Crippen LogP contribution in [0.2, 0.25) is 0 Å². The number of fused-ring (bicyclic) bond motifs is 1. The van der Waals surface area contributed by atoms with Crippen LogP contribution in [0.5, 0.6) is 0 Å². The van der Waals surface area contributed by atoms with E-state index in [9.17, 15) is 14.4 Å². The largest absolute Gasteiger partial charge is 0.460 e. The van der Waals surface area contributed by atoms with E-state index < -0.39 is 24.0 Å². The maximum atomic E-state index is 13.0. The number of amides is 1. The highest BCUT2D eigenvalue weighted by atomic mass is 32.1. The van der Waals surface area contributed by atoms with Gasteiger partial charge in [0.1, 0.15) is 17.2 Å². The van der Waals surface area contributed by atoms with Crippen LogP contribution in [0.15, 0.2) is 68.2 Å². The predicted octanol–water partition coefficient (Wildman–Crippen LogP) is 3.42. The van der Waals surface area contributed by atoms with Gasteiger partial charge in [0.15, 0.2) is 12.3 Å². The van der Waals surface area contributed by atoms with Gasteiger partial charge in [-0.15, -0.1) is 11.3 Å². The number of benzene rings is 1. The van der Waals surface area contributed by atoms with Gasteiger partial charge in [-0.25, -0.2) is 14.9 Å². The zero-order valence-corrected chi connectivity index (χ0v) is 18.3. The first-order valence-corrected chi connectivity index (χ1v) is 11.0. The number of aryl methyl sites for hydroxylation is 1. The quantitative estimate of drug-likeness (QED) is 0.454. The van der Waals surface area contributed by atoms with Crippen LogP contribution in [-0.4, -0.2) is 39.4 Å². The Morgan fingerprint density at radius 1 is 1.18 bits per heavy atom.